The van der Waals surface area contributed by atoms with Gasteiger partial charge < -0.3 is 0 Å². The summed E-state index contributed by atoms with van der Waals surface area (Å²) in [4.78, 5) is 44.9. The van der Waals surface area contributed by atoms with Crippen molar-refractivity contribution < 1.29 is 9.59 Å². The Kier molecular flexibility index (Phi) is 9.06. The number of amides is 2. The molecule has 0 saturated heterocycles. The van der Waals surface area contributed by atoms with E-state index in [0.29, 0.717) is 46.8 Å². The van der Waals surface area contributed by atoms with E-state index in [1.54, 1.807) is 28.8 Å². The molecule has 0 aliphatic carbocycles. The molecular formula is C26H33N5O3S. The maximum absolute atomic E-state index is 13.3. The van der Waals surface area contributed by atoms with Crippen molar-refractivity contribution in [2.24, 2.45) is 0 Å². The van der Waals surface area contributed by atoms with Crippen molar-refractivity contribution in [1.82, 2.24) is 25.3 Å². The number of aryl methyl sites for hydroxylation is 1. The van der Waals surface area contributed by atoms with Gasteiger partial charge in [-0.15, -0.1) is 0 Å². The number of fused-ring (bicyclic) bond motifs is 1. The van der Waals surface area contributed by atoms with Crippen molar-refractivity contribution in [2.75, 3.05) is 12.3 Å². The van der Waals surface area contributed by atoms with Gasteiger partial charge >= 0.3 is 0 Å². The van der Waals surface area contributed by atoms with Gasteiger partial charge in [0, 0.05) is 30.7 Å². The van der Waals surface area contributed by atoms with Crippen molar-refractivity contribution in [2.45, 2.75) is 58.4 Å². The molecule has 0 bridgehead atoms. The van der Waals surface area contributed by atoms with Crippen LogP contribution in [0.25, 0.3) is 10.9 Å². The summed E-state index contributed by atoms with van der Waals surface area (Å²) in [5.41, 5.74) is 6.82. The monoisotopic (exact) mass is 495 g/mol. The summed E-state index contributed by atoms with van der Waals surface area (Å²) in [6.07, 6.45) is 0. The molecule has 0 saturated carbocycles. The summed E-state index contributed by atoms with van der Waals surface area (Å²) < 4.78 is 1.64. The number of carbonyl (C=O) groups excluding carboxylic acids is 2. The molecule has 2 N–H and O–H groups in total. The van der Waals surface area contributed by atoms with Gasteiger partial charge in [-0.05, 0) is 58.9 Å². The zero-order chi connectivity index (χ0) is 25.5. The molecule has 0 aliphatic heterocycles. The average Bonchev–Trinajstić information content (AvgIpc) is 2.82. The fourth-order valence-corrected chi connectivity index (χ4v) is 4.68. The van der Waals surface area contributed by atoms with Gasteiger partial charge in [0.15, 0.2) is 5.16 Å². The van der Waals surface area contributed by atoms with Gasteiger partial charge in [-0.25, -0.2) is 4.98 Å². The minimum atomic E-state index is -0.397. The van der Waals surface area contributed by atoms with Gasteiger partial charge in [-0.1, -0.05) is 41.6 Å². The summed E-state index contributed by atoms with van der Waals surface area (Å²) in [6, 6.07) is 14.9. The van der Waals surface area contributed by atoms with Gasteiger partial charge in [0.05, 0.1) is 16.7 Å². The Morgan fingerprint density at radius 2 is 1.66 bits per heavy atom. The van der Waals surface area contributed by atoms with E-state index in [2.05, 4.69) is 48.4 Å². The zero-order valence-corrected chi connectivity index (χ0v) is 21.7. The summed E-state index contributed by atoms with van der Waals surface area (Å²) in [7, 11) is 0. The first kappa shape index (κ1) is 26.4. The number of hydrogen-bond acceptors (Lipinski definition) is 6. The molecule has 9 heteroatoms. The number of aromatic nitrogens is 2. The fourth-order valence-electron chi connectivity index (χ4n) is 3.85. The minimum absolute atomic E-state index is 0.00294. The number of carbonyl (C=O) groups is 2. The molecule has 0 spiro atoms. The molecule has 1 aromatic heterocycles. The number of hydrazine groups is 1. The maximum atomic E-state index is 13.3. The predicted octanol–water partition coefficient (Wildman–Crippen LogP) is 3.38. The molecule has 0 unspecified atom stereocenters. The smallest absolute Gasteiger partial charge is 0.269 e. The van der Waals surface area contributed by atoms with Crippen molar-refractivity contribution >= 4 is 34.5 Å². The highest BCUT2D eigenvalue weighted by molar-refractivity contribution is 7.99. The number of benzene rings is 2. The number of nitrogens with one attached hydrogen (secondary N) is 2. The standard InChI is InChI=1S/C26H33N5O3S/c1-17(2)30(18(3)4)14-15-31-25(34)21-8-6-7-9-22(21)27-26(31)35-16-23(32)28-29-24(33)20-12-10-19(5)11-13-20/h6-13,17-18H,14-16H2,1-5H3,(H,28,32)(H,29,33). The molecule has 8 nitrogen and oxygen atoms in total. The highest BCUT2D eigenvalue weighted by Crippen LogP contribution is 2.18. The topological polar surface area (TPSA) is 96.3 Å². The van der Waals surface area contributed by atoms with Crippen molar-refractivity contribution in [3.63, 3.8) is 0 Å². The van der Waals surface area contributed by atoms with E-state index in [4.69, 9.17) is 0 Å². The SMILES string of the molecule is Cc1ccc(C(=O)NNC(=O)CSc2nc3ccccc3c(=O)n2CCN(C(C)C)C(C)C)cc1. The van der Waals surface area contributed by atoms with E-state index in [1.807, 2.05) is 31.2 Å². The number of hydrogen-bond donors (Lipinski definition) is 2. The highest BCUT2D eigenvalue weighted by atomic mass is 32.2. The van der Waals surface area contributed by atoms with Crippen LogP contribution in [0.3, 0.4) is 0 Å². The quantitative estimate of drug-likeness (QED) is 0.268. The van der Waals surface area contributed by atoms with E-state index in [0.717, 1.165) is 5.56 Å². The third-order valence-corrected chi connectivity index (χ3v) is 6.67. The predicted molar refractivity (Wildman–Crippen MR) is 140 cm³/mol. The van der Waals surface area contributed by atoms with Crippen molar-refractivity contribution in [1.29, 1.82) is 0 Å². The van der Waals surface area contributed by atoms with Crippen LogP contribution in [-0.4, -0.2) is 50.6 Å². The van der Waals surface area contributed by atoms with Crippen LogP contribution in [0.5, 0.6) is 0 Å². The Morgan fingerprint density at radius 3 is 2.31 bits per heavy atom. The number of rotatable bonds is 9. The average molecular weight is 496 g/mol. The fraction of sp³-hybridized carbons (Fsp3) is 0.385. The second-order valence-corrected chi connectivity index (χ2v) is 9.89. The van der Waals surface area contributed by atoms with Crippen LogP contribution in [0.4, 0.5) is 0 Å². The van der Waals surface area contributed by atoms with Crippen LogP contribution < -0.4 is 16.4 Å². The molecule has 1 heterocycles. The Balaban J connectivity index is 1.72. The highest BCUT2D eigenvalue weighted by Gasteiger charge is 2.17. The molecule has 3 aromatic rings. The van der Waals surface area contributed by atoms with Gasteiger partial charge in [0.2, 0.25) is 5.91 Å². The maximum Gasteiger partial charge on any atom is 0.269 e. The van der Waals surface area contributed by atoms with Crippen LogP contribution in [0.15, 0.2) is 58.5 Å². The summed E-state index contributed by atoms with van der Waals surface area (Å²) in [6.45, 7) is 11.6. The van der Waals surface area contributed by atoms with E-state index in [9.17, 15) is 14.4 Å². The van der Waals surface area contributed by atoms with Crippen LogP contribution >= 0.6 is 11.8 Å². The first-order valence-corrected chi connectivity index (χ1v) is 12.7. The third-order valence-electron chi connectivity index (χ3n) is 5.70. The molecule has 186 valence electrons. The number of thioether (sulfide) groups is 1. The summed E-state index contributed by atoms with van der Waals surface area (Å²) in [5.74, 6) is -0.793. The molecule has 2 amide bonds. The molecule has 0 aliphatic rings. The van der Waals surface area contributed by atoms with Crippen LogP contribution in [0, 0.1) is 6.92 Å². The summed E-state index contributed by atoms with van der Waals surface area (Å²) >= 11 is 1.17. The number of nitrogens with zero attached hydrogens (tertiary/aromatic N) is 3. The Labute approximate surface area is 210 Å². The molecule has 0 fully saturated rings. The second kappa shape index (κ2) is 12.0. The van der Waals surface area contributed by atoms with Gasteiger partial charge in [-0.3, -0.25) is 34.7 Å². The van der Waals surface area contributed by atoms with Crippen LogP contribution in [-0.2, 0) is 11.3 Å². The lowest BCUT2D eigenvalue weighted by molar-refractivity contribution is -0.119. The second-order valence-electron chi connectivity index (χ2n) is 8.95. The van der Waals surface area contributed by atoms with Crippen LogP contribution in [0.1, 0.15) is 43.6 Å². The largest absolute Gasteiger partial charge is 0.297 e. The van der Waals surface area contributed by atoms with Gasteiger partial charge in [0.25, 0.3) is 11.5 Å². The zero-order valence-electron chi connectivity index (χ0n) is 20.9. The molecule has 2 aromatic carbocycles. The third kappa shape index (κ3) is 6.93. The van der Waals surface area contributed by atoms with E-state index in [-0.39, 0.29) is 11.3 Å². The van der Waals surface area contributed by atoms with Crippen molar-refractivity contribution in [3.05, 3.63) is 70.0 Å². The van der Waals surface area contributed by atoms with Gasteiger partial charge in [0.1, 0.15) is 0 Å². The Morgan fingerprint density at radius 1 is 1.00 bits per heavy atom. The summed E-state index contributed by atoms with van der Waals surface area (Å²) in [5, 5.41) is 1.02. The van der Waals surface area contributed by atoms with E-state index < -0.39 is 11.8 Å². The minimum Gasteiger partial charge on any atom is -0.297 e. The first-order chi connectivity index (χ1) is 16.7. The lowest BCUT2D eigenvalue weighted by atomic mass is 10.1. The first-order valence-electron chi connectivity index (χ1n) is 11.7. The van der Waals surface area contributed by atoms with Gasteiger partial charge in [-0.2, -0.15) is 0 Å². The Bertz CT molecular complexity index is 1230. The van der Waals surface area contributed by atoms with E-state index >= 15 is 0 Å². The molecular weight excluding hydrogens is 462 g/mol. The molecule has 35 heavy (non-hydrogen) atoms. The van der Waals surface area contributed by atoms with E-state index in [1.165, 1.54) is 11.8 Å². The van der Waals surface area contributed by atoms with Crippen LogP contribution in [0.2, 0.25) is 0 Å². The van der Waals surface area contributed by atoms with Crippen molar-refractivity contribution in [3.8, 4) is 0 Å². The normalized spacial score (nSPS) is 11.4. The molecule has 0 radical (unpaired) electrons. The molecule has 3 rings (SSSR count). The lowest BCUT2D eigenvalue weighted by Crippen LogP contribution is -2.42. The molecule has 0 atom stereocenters. The lowest BCUT2D eigenvalue weighted by Gasteiger charge is -2.30. The Hall–Kier alpha value is -3.17. The number of para-hydroxylation sites is 1.